The first-order chi connectivity index (χ1) is 14.5. The second-order valence-corrected chi connectivity index (χ2v) is 10.8. The molecular weight excluding hydrogens is 420 g/mol. The van der Waals surface area contributed by atoms with E-state index in [1.165, 1.54) is 16.4 Å². The van der Waals surface area contributed by atoms with Crippen molar-refractivity contribution in [3.63, 3.8) is 0 Å². The summed E-state index contributed by atoms with van der Waals surface area (Å²) in [5.74, 6) is -0.358. The van der Waals surface area contributed by atoms with Crippen LogP contribution in [0.3, 0.4) is 0 Å². The number of sulfonamides is 1. The van der Waals surface area contributed by atoms with E-state index in [4.69, 9.17) is 0 Å². The summed E-state index contributed by atoms with van der Waals surface area (Å²) in [6.45, 7) is 1.90. The molecule has 3 aliphatic rings. The lowest BCUT2D eigenvalue weighted by atomic mass is 9.88. The molecule has 2 aliphatic heterocycles. The molecule has 3 fully saturated rings. The fraction of sp³-hybridized carbons (Fsp3) is 0.600. The van der Waals surface area contributed by atoms with Crippen molar-refractivity contribution in [2.24, 2.45) is 11.8 Å². The van der Waals surface area contributed by atoms with Crippen LogP contribution in [0.1, 0.15) is 24.8 Å². The van der Waals surface area contributed by atoms with Gasteiger partial charge in [0.25, 0.3) is 0 Å². The van der Waals surface area contributed by atoms with Crippen LogP contribution in [-0.2, 0) is 19.6 Å². The summed E-state index contributed by atoms with van der Waals surface area (Å²) in [6, 6.07) is 5.22. The SMILES string of the molecule is Cc1ccc(NC2CC(NC(=O)C3CC3)NC3NN(C)C(=O)C23)c(N(C)S(C)(=O)=O)c1. The van der Waals surface area contributed by atoms with Crippen molar-refractivity contribution in [3.05, 3.63) is 23.8 Å². The number of carbonyl (C=O) groups excluding carboxylic acids is 2. The summed E-state index contributed by atoms with van der Waals surface area (Å²) in [7, 11) is -0.284. The Hall–Kier alpha value is -2.37. The number of nitrogens with zero attached hydrogens (tertiary/aromatic N) is 2. The minimum atomic E-state index is -3.47. The maximum absolute atomic E-state index is 12.8. The Kier molecular flexibility index (Phi) is 5.61. The Morgan fingerprint density at radius 2 is 2.00 bits per heavy atom. The molecule has 0 radical (unpaired) electrons. The van der Waals surface area contributed by atoms with Gasteiger partial charge in [0.2, 0.25) is 21.8 Å². The number of carbonyl (C=O) groups is 2. The number of rotatable bonds is 6. The van der Waals surface area contributed by atoms with Gasteiger partial charge >= 0.3 is 0 Å². The summed E-state index contributed by atoms with van der Waals surface area (Å²) in [4.78, 5) is 25.1. The van der Waals surface area contributed by atoms with Gasteiger partial charge in [0.05, 0.1) is 35.9 Å². The number of benzene rings is 1. The van der Waals surface area contributed by atoms with Crippen LogP contribution in [0, 0.1) is 18.8 Å². The Morgan fingerprint density at radius 1 is 1.29 bits per heavy atom. The molecule has 4 rings (SSSR count). The monoisotopic (exact) mass is 450 g/mol. The van der Waals surface area contributed by atoms with E-state index in [9.17, 15) is 18.0 Å². The van der Waals surface area contributed by atoms with Gasteiger partial charge in [-0.25, -0.2) is 13.8 Å². The lowest BCUT2D eigenvalue weighted by Crippen LogP contribution is -2.63. The van der Waals surface area contributed by atoms with Crippen LogP contribution in [0.15, 0.2) is 18.2 Å². The highest BCUT2D eigenvalue weighted by molar-refractivity contribution is 7.92. The third kappa shape index (κ3) is 4.48. The van der Waals surface area contributed by atoms with Gasteiger partial charge in [-0.1, -0.05) is 6.07 Å². The molecule has 1 aliphatic carbocycles. The first-order valence-electron chi connectivity index (χ1n) is 10.5. The van der Waals surface area contributed by atoms with Gasteiger partial charge in [-0.15, -0.1) is 0 Å². The summed E-state index contributed by atoms with van der Waals surface area (Å²) in [5, 5.41) is 11.2. The van der Waals surface area contributed by atoms with Crippen LogP contribution in [-0.4, -0.2) is 64.0 Å². The predicted molar refractivity (Wildman–Crippen MR) is 117 cm³/mol. The molecule has 10 nitrogen and oxygen atoms in total. The zero-order chi connectivity index (χ0) is 22.5. The average molecular weight is 451 g/mol. The number of fused-ring (bicyclic) bond motifs is 1. The second kappa shape index (κ2) is 7.95. The number of hydrazine groups is 1. The summed E-state index contributed by atoms with van der Waals surface area (Å²) < 4.78 is 25.6. The van der Waals surface area contributed by atoms with Gasteiger partial charge in [0, 0.05) is 32.5 Å². The van der Waals surface area contributed by atoms with Crippen molar-refractivity contribution in [3.8, 4) is 0 Å². The van der Waals surface area contributed by atoms with Crippen molar-refractivity contribution < 1.29 is 18.0 Å². The summed E-state index contributed by atoms with van der Waals surface area (Å²) >= 11 is 0. The second-order valence-electron chi connectivity index (χ2n) is 8.77. The molecule has 170 valence electrons. The number of piperidine rings is 1. The molecule has 2 heterocycles. The van der Waals surface area contributed by atoms with E-state index < -0.39 is 15.9 Å². The third-order valence-corrected chi connectivity index (χ3v) is 7.40. The predicted octanol–water partition coefficient (Wildman–Crippen LogP) is -0.0642. The zero-order valence-corrected chi connectivity index (χ0v) is 19.0. The van der Waals surface area contributed by atoms with E-state index in [1.54, 1.807) is 13.1 Å². The number of amides is 2. The number of hydrogen-bond donors (Lipinski definition) is 4. The molecule has 1 aromatic rings. The maximum atomic E-state index is 12.8. The van der Waals surface area contributed by atoms with Crippen molar-refractivity contribution in [1.29, 1.82) is 0 Å². The standard InChI is InChI=1S/C20H30N6O4S/c1-11-5-8-13(15(9-11)26(3)31(4,29)30)21-14-10-16(23-19(27)12-6-7-12)22-18-17(14)20(28)25(2)24-18/h5,8-9,12,14,16-18,21-22,24H,6-7,10H2,1-4H3,(H,23,27). The lowest BCUT2D eigenvalue weighted by molar-refractivity contribution is -0.131. The lowest BCUT2D eigenvalue weighted by Gasteiger charge is -2.39. The molecular formula is C20H30N6O4S. The fourth-order valence-corrected chi connectivity index (χ4v) is 4.74. The minimum Gasteiger partial charge on any atom is -0.380 e. The van der Waals surface area contributed by atoms with Crippen molar-refractivity contribution in [2.45, 2.75) is 44.6 Å². The number of aryl methyl sites for hydroxylation is 1. The molecule has 0 spiro atoms. The van der Waals surface area contributed by atoms with E-state index >= 15 is 0 Å². The normalized spacial score (nSPS) is 28.3. The summed E-state index contributed by atoms with van der Waals surface area (Å²) in [6.07, 6.45) is 2.82. The third-order valence-electron chi connectivity index (χ3n) is 6.21. The van der Waals surface area contributed by atoms with Crippen molar-refractivity contribution >= 4 is 33.2 Å². The van der Waals surface area contributed by atoms with E-state index in [0.29, 0.717) is 17.8 Å². The Labute approximate surface area is 182 Å². The molecule has 4 unspecified atom stereocenters. The average Bonchev–Trinajstić information content (AvgIpc) is 3.49. The molecule has 11 heteroatoms. The van der Waals surface area contributed by atoms with Crippen molar-refractivity contribution in [1.82, 2.24) is 21.1 Å². The first kappa shape index (κ1) is 21.8. The van der Waals surface area contributed by atoms with Crippen LogP contribution in [0.2, 0.25) is 0 Å². The van der Waals surface area contributed by atoms with Gasteiger partial charge in [-0.3, -0.25) is 24.2 Å². The van der Waals surface area contributed by atoms with E-state index in [0.717, 1.165) is 24.7 Å². The number of hydrogen-bond acceptors (Lipinski definition) is 7. The van der Waals surface area contributed by atoms with Gasteiger partial charge < -0.3 is 10.6 Å². The molecule has 1 saturated carbocycles. The van der Waals surface area contributed by atoms with Crippen LogP contribution >= 0.6 is 0 Å². The van der Waals surface area contributed by atoms with Crippen LogP contribution < -0.4 is 25.7 Å². The number of anilines is 2. The Balaban J connectivity index is 1.61. The highest BCUT2D eigenvalue weighted by Gasteiger charge is 2.49. The Bertz CT molecular complexity index is 995. The van der Waals surface area contributed by atoms with Crippen LogP contribution in [0.5, 0.6) is 0 Å². The van der Waals surface area contributed by atoms with Crippen LogP contribution in [0.25, 0.3) is 0 Å². The number of nitrogens with one attached hydrogen (secondary N) is 4. The van der Waals surface area contributed by atoms with Gasteiger partial charge in [-0.05, 0) is 37.5 Å². The molecule has 0 bridgehead atoms. The topological polar surface area (TPSA) is 123 Å². The molecule has 0 aromatic heterocycles. The molecule has 4 atom stereocenters. The van der Waals surface area contributed by atoms with E-state index in [2.05, 4.69) is 21.4 Å². The quantitative estimate of drug-likeness (QED) is 0.479. The molecule has 1 aromatic carbocycles. The fourth-order valence-electron chi connectivity index (χ4n) is 4.24. The molecule has 2 amide bonds. The van der Waals surface area contributed by atoms with Gasteiger partial charge in [0.1, 0.15) is 0 Å². The highest BCUT2D eigenvalue weighted by Crippen LogP contribution is 2.34. The van der Waals surface area contributed by atoms with Gasteiger partial charge in [-0.2, -0.15) is 0 Å². The molecule has 31 heavy (non-hydrogen) atoms. The maximum Gasteiger partial charge on any atom is 0.244 e. The highest BCUT2D eigenvalue weighted by atomic mass is 32.2. The Morgan fingerprint density at radius 3 is 2.65 bits per heavy atom. The van der Waals surface area contributed by atoms with Gasteiger partial charge in [0.15, 0.2) is 0 Å². The van der Waals surface area contributed by atoms with E-state index in [1.807, 2.05) is 19.1 Å². The molecule has 2 saturated heterocycles. The van der Waals surface area contributed by atoms with Crippen LogP contribution in [0.4, 0.5) is 11.4 Å². The van der Waals surface area contributed by atoms with E-state index in [-0.39, 0.29) is 36.1 Å². The van der Waals surface area contributed by atoms with Crippen molar-refractivity contribution in [2.75, 3.05) is 30.0 Å². The first-order valence-corrected chi connectivity index (χ1v) is 12.3. The zero-order valence-electron chi connectivity index (χ0n) is 18.2. The summed E-state index contributed by atoms with van der Waals surface area (Å²) in [5.41, 5.74) is 5.18. The smallest absolute Gasteiger partial charge is 0.244 e. The largest absolute Gasteiger partial charge is 0.380 e. The molecule has 4 N–H and O–H groups in total. The minimum absolute atomic E-state index is 0.0280.